The Balaban J connectivity index is 2.43. The molecule has 1 saturated carbocycles. The molecule has 3 heteroatoms. The summed E-state index contributed by atoms with van der Waals surface area (Å²) in [6.07, 6.45) is 1.60. The van der Waals surface area contributed by atoms with E-state index in [0.29, 0.717) is 19.3 Å². The lowest BCUT2D eigenvalue weighted by molar-refractivity contribution is -0.117. The van der Waals surface area contributed by atoms with Gasteiger partial charge in [-0.1, -0.05) is 5.18 Å². The van der Waals surface area contributed by atoms with Crippen molar-refractivity contribution in [3.05, 3.63) is 4.91 Å². The number of hydrogen-bond acceptors (Lipinski definition) is 3. The van der Waals surface area contributed by atoms with Crippen molar-refractivity contribution in [2.45, 2.75) is 25.3 Å². The number of ketones is 1. The second-order valence-electron chi connectivity index (χ2n) is 2.04. The van der Waals surface area contributed by atoms with Crippen LogP contribution in [0.3, 0.4) is 0 Å². The summed E-state index contributed by atoms with van der Waals surface area (Å²) in [5, 5.41) is 2.77. The Labute approximate surface area is 47.0 Å². The summed E-state index contributed by atoms with van der Waals surface area (Å²) in [5.74, 6) is 0.176. The highest BCUT2D eigenvalue weighted by Gasteiger charge is 2.21. The Hall–Kier alpha value is -0.730. The molecule has 0 bridgehead atoms. The summed E-state index contributed by atoms with van der Waals surface area (Å²) in [6, 6.07) is -0.206. The molecule has 0 radical (unpaired) electrons. The molecule has 0 saturated heterocycles. The van der Waals surface area contributed by atoms with Gasteiger partial charge in [-0.3, -0.25) is 4.79 Å². The first kappa shape index (κ1) is 5.41. The molecule has 0 aromatic carbocycles. The molecule has 0 spiro atoms. The molecule has 44 valence electrons. The van der Waals surface area contributed by atoms with Crippen LogP contribution in [0.5, 0.6) is 0 Å². The standard InChI is InChI=1S/C5H7NO2/c7-5-2-1-4(3-5)6-8/h4H,1-3H2. The Morgan fingerprint density at radius 3 is 2.62 bits per heavy atom. The summed E-state index contributed by atoms with van der Waals surface area (Å²) in [6.45, 7) is 0. The van der Waals surface area contributed by atoms with Gasteiger partial charge in [0.15, 0.2) is 0 Å². The van der Waals surface area contributed by atoms with Gasteiger partial charge in [0.2, 0.25) is 0 Å². The van der Waals surface area contributed by atoms with E-state index in [2.05, 4.69) is 5.18 Å². The number of nitrogens with zero attached hydrogens (tertiary/aromatic N) is 1. The van der Waals surface area contributed by atoms with Crippen LogP contribution in [0.25, 0.3) is 0 Å². The van der Waals surface area contributed by atoms with Gasteiger partial charge in [0.05, 0.1) is 6.04 Å². The summed E-state index contributed by atoms with van der Waals surface area (Å²) in [7, 11) is 0. The van der Waals surface area contributed by atoms with E-state index in [4.69, 9.17) is 0 Å². The first-order valence-electron chi connectivity index (χ1n) is 2.67. The van der Waals surface area contributed by atoms with Crippen LogP contribution in [-0.4, -0.2) is 11.8 Å². The van der Waals surface area contributed by atoms with E-state index in [1.807, 2.05) is 0 Å². The quantitative estimate of drug-likeness (QED) is 0.474. The van der Waals surface area contributed by atoms with Crippen molar-refractivity contribution in [1.82, 2.24) is 0 Å². The number of hydrogen-bond donors (Lipinski definition) is 0. The second-order valence-corrected chi connectivity index (χ2v) is 2.04. The molecule has 1 fully saturated rings. The Kier molecular flexibility index (Phi) is 1.37. The molecule has 0 heterocycles. The monoisotopic (exact) mass is 113 g/mol. The SMILES string of the molecule is O=NC1CCC(=O)C1. The first-order valence-corrected chi connectivity index (χ1v) is 2.67. The Morgan fingerprint density at radius 2 is 2.38 bits per heavy atom. The molecule has 3 nitrogen and oxygen atoms in total. The van der Waals surface area contributed by atoms with Crippen molar-refractivity contribution in [2.24, 2.45) is 5.18 Å². The van der Waals surface area contributed by atoms with Crippen molar-refractivity contribution in [3.8, 4) is 0 Å². The van der Waals surface area contributed by atoms with Crippen LogP contribution < -0.4 is 0 Å². The van der Waals surface area contributed by atoms with Gasteiger partial charge in [-0.2, -0.15) is 4.91 Å². The Bertz CT molecular complexity index is 122. The summed E-state index contributed by atoms with van der Waals surface area (Å²) < 4.78 is 0. The minimum atomic E-state index is -0.206. The number of nitroso groups, excluding NO2 is 1. The van der Waals surface area contributed by atoms with E-state index in [1.165, 1.54) is 0 Å². The molecule has 0 amide bonds. The third-order valence-electron chi connectivity index (χ3n) is 1.37. The highest BCUT2D eigenvalue weighted by molar-refractivity contribution is 5.81. The second kappa shape index (κ2) is 2.03. The molecule has 1 unspecified atom stereocenters. The lowest BCUT2D eigenvalue weighted by Gasteiger charge is -1.87. The number of carbonyl (C=O) groups excluding carboxylic acids is 1. The van der Waals surface area contributed by atoms with Gasteiger partial charge < -0.3 is 0 Å². The lowest BCUT2D eigenvalue weighted by Crippen LogP contribution is -1.95. The summed E-state index contributed by atoms with van der Waals surface area (Å²) in [4.78, 5) is 20.2. The molecule has 1 aliphatic rings. The van der Waals surface area contributed by atoms with E-state index < -0.39 is 0 Å². The zero-order chi connectivity index (χ0) is 5.98. The van der Waals surface area contributed by atoms with Gasteiger partial charge >= 0.3 is 0 Å². The average Bonchev–Trinajstić information content (AvgIpc) is 2.14. The largest absolute Gasteiger partial charge is 0.300 e. The minimum absolute atomic E-state index is 0.176. The van der Waals surface area contributed by atoms with Gasteiger partial charge in [0.25, 0.3) is 0 Å². The zero-order valence-corrected chi connectivity index (χ0v) is 4.46. The van der Waals surface area contributed by atoms with Crippen LogP contribution in [0.1, 0.15) is 19.3 Å². The molecule has 1 atom stereocenters. The maximum atomic E-state index is 10.4. The van der Waals surface area contributed by atoms with Crippen LogP contribution in [0.4, 0.5) is 0 Å². The Morgan fingerprint density at radius 1 is 1.62 bits per heavy atom. The normalized spacial score (nSPS) is 28.5. The van der Waals surface area contributed by atoms with Crippen LogP contribution in [-0.2, 0) is 4.79 Å². The lowest BCUT2D eigenvalue weighted by atomic mass is 10.3. The van der Waals surface area contributed by atoms with E-state index in [0.717, 1.165) is 0 Å². The molecule has 0 aromatic rings. The number of Topliss-reactive ketones (excluding diaryl/α,β-unsaturated/α-hetero) is 1. The van der Waals surface area contributed by atoms with E-state index in [9.17, 15) is 9.70 Å². The summed E-state index contributed by atoms with van der Waals surface area (Å²) in [5.41, 5.74) is 0. The number of carbonyl (C=O) groups is 1. The fourth-order valence-electron chi connectivity index (χ4n) is 0.885. The topological polar surface area (TPSA) is 46.5 Å². The fourth-order valence-corrected chi connectivity index (χ4v) is 0.885. The molecule has 0 aromatic heterocycles. The number of rotatable bonds is 1. The fraction of sp³-hybridized carbons (Fsp3) is 0.800. The smallest absolute Gasteiger partial charge is 0.135 e. The van der Waals surface area contributed by atoms with Gasteiger partial charge in [0, 0.05) is 12.8 Å². The zero-order valence-electron chi connectivity index (χ0n) is 4.46. The molecule has 1 aliphatic carbocycles. The molecular weight excluding hydrogens is 106 g/mol. The maximum absolute atomic E-state index is 10.4. The average molecular weight is 113 g/mol. The van der Waals surface area contributed by atoms with Crippen LogP contribution >= 0.6 is 0 Å². The van der Waals surface area contributed by atoms with Crippen LogP contribution in [0.2, 0.25) is 0 Å². The van der Waals surface area contributed by atoms with E-state index in [-0.39, 0.29) is 11.8 Å². The molecule has 1 rings (SSSR count). The molecule has 0 N–H and O–H groups in total. The van der Waals surface area contributed by atoms with Gasteiger partial charge in [-0.25, -0.2) is 0 Å². The molecule has 0 aliphatic heterocycles. The van der Waals surface area contributed by atoms with Crippen molar-refractivity contribution in [3.63, 3.8) is 0 Å². The van der Waals surface area contributed by atoms with E-state index >= 15 is 0 Å². The minimum Gasteiger partial charge on any atom is -0.300 e. The third-order valence-corrected chi connectivity index (χ3v) is 1.37. The van der Waals surface area contributed by atoms with Crippen LogP contribution in [0, 0.1) is 4.91 Å². The maximum Gasteiger partial charge on any atom is 0.135 e. The predicted octanol–water partition coefficient (Wildman–Crippen LogP) is 0.874. The highest BCUT2D eigenvalue weighted by atomic mass is 16.3. The third kappa shape index (κ3) is 0.911. The van der Waals surface area contributed by atoms with Crippen molar-refractivity contribution >= 4 is 5.78 Å². The van der Waals surface area contributed by atoms with Crippen molar-refractivity contribution in [1.29, 1.82) is 0 Å². The van der Waals surface area contributed by atoms with Crippen molar-refractivity contribution < 1.29 is 4.79 Å². The first-order chi connectivity index (χ1) is 3.83. The van der Waals surface area contributed by atoms with E-state index in [1.54, 1.807) is 0 Å². The predicted molar refractivity (Wildman–Crippen MR) is 28.4 cm³/mol. The van der Waals surface area contributed by atoms with Gasteiger partial charge in [-0.05, 0) is 6.42 Å². The highest BCUT2D eigenvalue weighted by Crippen LogP contribution is 2.16. The summed E-state index contributed by atoms with van der Waals surface area (Å²) >= 11 is 0. The van der Waals surface area contributed by atoms with Gasteiger partial charge in [0.1, 0.15) is 5.78 Å². The van der Waals surface area contributed by atoms with Crippen molar-refractivity contribution in [2.75, 3.05) is 0 Å². The molecule has 8 heavy (non-hydrogen) atoms. The molecular formula is C5H7NO2. The van der Waals surface area contributed by atoms with Crippen LogP contribution in [0.15, 0.2) is 5.18 Å². The van der Waals surface area contributed by atoms with Gasteiger partial charge in [-0.15, -0.1) is 0 Å².